The van der Waals surface area contributed by atoms with Gasteiger partial charge >= 0.3 is 0 Å². The highest BCUT2D eigenvalue weighted by Crippen LogP contribution is 2.19. The van der Waals surface area contributed by atoms with Gasteiger partial charge in [-0.2, -0.15) is 5.26 Å². The summed E-state index contributed by atoms with van der Waals surface area (Å²) in [5, 5.41) is 18.3. The Morgan fingerprint density at radius 1 is 1.44 bits per heavy atom. The second-order valence-corrected chi connectivity index (χ2v) is 4.87. The molecule has 0 amide bonds. The highest BCUT2D eigenvalue weighted by Gasteiger charge is 2.11. The minimum atomic E-state index is -0.497. The molecule has 0 bridgehead atoms. The molecule has 4 nitrogen and oxygen atoms in total. The fourth-order valence-corrected chi connectivity index (χ4v) is 1.79. The maximum absolute atomic E-state index is 9.59. The van der Waals surface area contributed by atoms with E-state index in [2.05, 4.69) is 29.8 Å². The molecule has 1 N–H and O–H groups in total. The van der Waals surface area contributed by atoms with E-state index in [4.69, 9.17) is 5.26 Å². The van der Waals surface area contributed by atoms with Crippen LogP contribution in [0.4, 0.5) is 5.82 Å². The zero-order chi connectivity index (χ0) is 13.5. The van der Waals surface area contributed by atoms with Gasteiger partial charge in [0.1, 0.15) is 5.82 Å². The van der Waals surface area contributed by atoms with Crippen LogP contribution in [-0.4, -0.2) is 23.2 Å². The van der Waals surface area contributed by atoms with Gasteiger partial charge in [-0.05, 0) is 30.5 Å². The largest absolute Gasteiger partial charge is 0.389 e. The molecular formula is C14H21N3O. The van der Waals surface area contributed by atoms with Crippen molar-refractivity contribution in [2.45, 2.75) is 33.3 Å². The summed E-state index contributed by atoms with van der Waals surface area (Å²) in [4.78, 5) is 6.43. The van der Waals surface area contributed by atoms with E-state index < -0.39 is 6.10 Å². The number of hydrogen-bond acceptors (Lipinski definition) is 4. The van der Waals surface area contributed by atoms with E-state index in [1.165, 1.54) is 0 Å². The molecule has 1 rings (SSSR count). The van der Waals surface area contributed by atoms with Crippen LogP contribution in [0.15, 0.2) is 18.3 Å². The van der Waals surface area contributed by atoms with Crippen molar-refractivity contribution in [2.75, 3.05) is 18.0 Å². The van der Waals surface area contributed by atoms with Crippen LogP contribution in [-0.2, 0) is 0 Å². The molecule has 1 atom stereocenters. The fraction of sp³-hybridized carbons (Fsp3) is 0.571. The Labute approximate surface area is 109 Å². The van der Waals surface area contributed by atoms with Crippen LogP contribution in [0, 0.1) is 17.2 Å². The van der Waals surface area contributed by atoms with E-state index in [1.807, 2.05) is 12.1 Å². The second-order valence-electron chi connectivity index (χ2n) is 4.87. The number of anilines is 1. The average molecular weight is 247 g/mol. The third-order valence-electron chi connectivity index (χ3n) is 2.66. The molecule has 0 radical (unpaired) electrons. The van der Waals surface area contributed by atoms with Gasteiger partial charge in [0.15, 0.2) is 0 Å². The number of nitriles is 1. The number of aliphatic hydroxyl groups excluding tert-OH is 1. The number of hydrogen-bond donors (Lipinski definition) is 1. The van der Waals surface area contributed by atoms with Crippen molar-refractivity contribution >= 4 is 5.82 Å². The van der Waals surface area contributed by atoms with Crippen LogP contribution in [0.1, 0.15) is 38.9 Å². The Morgan fingerprint density at radius 2 is 2.17 bits per heavy atom. The first-order chi connectivity index (χ1) is 8.54. The fourth-order valence-electron chi connectivity index (χ4n) is 1.79. The van der Waals surface area contributed by atoms with Crippen LogP contribution in [0.25, 0.3) is 0 Å². The minimum absolute atomic E-state index is 0.479. The first-order valence-electron chi connectivity index (χ1n) is 6.30. The van der Waals surface area contributed by atoms with Crippen molar-refractivity contribution in [1.29, 1.82) is 5.26 Å². The molecule has 0 saturated carbocycles. The summed E-state index contributed by atoms with van der Waals surface area (Å²) in [5.41, 5.74) is 0.853. The third kappa shape index (κ3) is 4.34. The van der Waals surface area contributed by atoms with Crippen molar-refractivity contribution in [3.63, 3.8) is 0 Å². The molecule has 0 aliphatic rings. The van der Waals surface area contributed by atoms with E-state index in [1.54, 1.807) is 13.1 Å². The number of aliphatic hydroxyl groups is 1. The Balaban J connectivity index is 2.89. The Kier molecular flexibility index (Phi) is 5.60. The van der Waals surface area contributed by atoms with Crippen molar-refractivity contribution in [1.82, 2.24) is 4.98 Å². The third-order valence-corrected chi connectivity index (χ3v) is 2.66. The summed E-state index contributed by atoms with van der Waals surface area (Å²) in [5.74, 6) is 1.33. The molecule has 0 fully saturated rings. The lowest BCUT2D eigenvalue weighted by Crippen LogP contribution is -2.29. The van der Waals surface area contributed by atoms with Gasteiger partial charge < -0.3 is 10.0 Å². The van der Waals surface area contributed by atoms with Gasteiger partial charge in [-0.15, -0.1) is 0 Å². The Hall–Kier alpha value is -1.60. The van der Waals surface area contributed by atoms with E-state index in [0.29, 0.717) is 18.9 Å². The average Bonchev–Trinajstić information content (AvgIpc) is 2.34. The van der Waals surface area contributed by atoms with Crippen molar-refractivity contribution in [3.8, 4) is 6.07 Å². The molecule has 1 unspecified atom stereocenters. The summed E-state index contributed by atoms with van der Waals surface area (Å²) in [6, 6.07) is 5.86. The second kappa shape index (κ2) is 6.97. The van der Waals surface area contributed by atoms with Crippen molar-refractivity contribution in [2.24, 2.45) is 5.92 Å². The summed E-state index contributed by atoms with van der Waals surface area (Å²) in [6.45, 7) is 7.54. The van der Waals surface area contributed by atoms with E-state index in [9.17, 15) is 5.11 Å². The Morgan fingerprint density at radius 3 is 2.72 bits per heavy atom. The summed E-state index contributed by atoms with van der Waals surface area (Å²) in [7, 11) is 0. The van der Waals surface area contributed by atoms with Gasteiger partial charge in [0, 0.05) is 19.3 Å². The van der Waals surface area contributed by atoms with Gasteiger partial charge in [-0.1, -0.05) is 13.8 Å². The molecule has 0 spiro atoms. The molecule has 0 aliphatic carbocycles. The number of nitrogens with zero attached hydrogens (tertiary/aromatic N) is 3. The molecule has 1 heterocycles. The highest BCUT2D eigenvalue weighted by atomic mass is 16.3. The lowest BCUT2D eigenvalue weighted by molar-refractivity contribution is 0.199. The zero-order valence-electron chi connectivity index (χ0n) is 11.3. The van der Waals surface area contributed by atoms with E-state index >= 15 is 0 Å². The van der Waals surface area contributed by atoms with E-state index in [-0.39, 0.29) is 0 Å². The van der Waals surface area contributed by atoms with Crippen LogP contribution < -0.4 is 4.90 Å². The molecule has 1 aromatic heterocycles. The standard InChI is InChI=1S/C14H21N3O/c1-11(2)10-17(8-4-6-15)14-9-13(12(3)18)5-7-16-14/h5,7,9,11-12,18H,4,8,10H2,1-3H3. The molecule has 18 heavy (non-hydrogen) atoms. The topological polar surface area (TPSA) is 60.2 Å². The molecule has 1 aromatic rings. The van der Waals surface area contributed by atoms with E-state index in [0.717, 1.165) is 17.9 Å². The maximum atomic E-state index is 9.59. The molecule has 98 valence electrons. The SMILES string of the molecule is CC(C)CN(CCC#N)c1cc(C(C)O)ccn1. The monoisotopic (exact) mass is 247 g/mol. The van der Waals surface area contributed by atoms with Gasteiger partial charge in [0.25, 0.3) is 0 Å². The van der Waals surface area contributed by atoms with Crippen LogP contribution in [0.5, 0.6) is 0 Å². The lowest BCUT2D eigenvalue weighted by atomic mass is 10.1. The predicted molar refractivity (Wildman–Crippen MR) is 72.2 cm³/mol. The molecule has 0 aliphatic heterocycles. The van der Waals surface area contributed by atoms with Crippen LogP contribution in [0.3, 0.4) is 0 Å². The minimum Gasteiger partial charge on any atom is -0.389 e. The first kappa shape index (κ1) is 14.5. The van der Waals surface area contributed by atoms with Crippen LogP contribution >= 0.6 is 0 Å². The molecule has 0 aromatic carbocycles. The molecule has 4 heteroatoms. The predicted octanol–water partition coefficient (Wildman–Crippen LogP) is 2.51. The van der Waals surface area contributed by atoms with Gasteiger partial charge in [0.05, 0.1) is 18.6 Å². The normalized spacial score (nSPS) is 12.2. The number of rotatable bonds is 6. The quantitative estimate of drug-likeness (QED) is 0.839. The summed E-state index contributed by atoms with van der Waals surface area (Å²) in [6.07, 6.45) is 1.69. The number of pyridine rings is 1. The summed E-state index contributed by atoms with van der Waals surface area (Å²) >= 11 is 0. The zero-order valence-corrected chi connectivity index (χ0v) is 11.3. The Bertz CT molecular complexity index is 410. The van der Waals surface area contributed by atoms with Gasteiger partial charge in [-0.25, -0.2) is 4.98 Å². The first-order valence-corrected chi connectivity index (χ1v) is 6.30. The highest BCUT2D eigenvalue weighted by molar-refractivity contribution is 5.41. The lowest BCUT2D eigenvalue weighted by Gasteiger charge is -2.25. The van der Waals surface area contributed by atoms with Crippen LogP contribution in [0.2, 0.25) is 0 Å². The van der Waals surface area contributed by atoms with Gasteiger partial charge in [0.2, 0.25) is 0 Å². The maximum Gasteiger partial charge on any atom is 0.128 e. The molecule has 0 saturated heterocycles. The molecular weight excluding hydrogens is 226 g/mol. The van der Waals surface area contributed by atoms with Crippen molar-refractivity contribution in [3.05, 3.63) is 23.9 Å². The number of aromatic nitrogens is 1. The van der Waals surface area contributed by atoms with Crippen molar-refractivity contribution < 1.29 is 5.11 Å². The smallest absolute Gasteiger partial charge is 0.128 e. The summed E-state index contributed by atoms with van der Waals surface area (Å²) < 4.78 is 0. The van der Waals surface area contributed by atoms with Gasteiger partial charge in [-0.3, -0.25) is 0 Å².